The molecular weight excluding hydrogens is 195 g/mol. The highest BCUT2D eigenvalue weighted by atomic mass is 35.5. The molecule has 13 heavy (non-hydrogen) atoms. The standard InChI is InChI=1S/C9H8ClFO2/c1-2-13-8-4-3-7(11)9(10)6(8)5-12/h3-5H,2H2,1H3. The van der Waals surface area contributed by atoms with Gasteiger partial charge in [-0.1, -0.05) is 11.6 Å². The van der Waals surface area contributed by atoms with Gasteiger partial charge in [0.1, 0.15) is 11.6 Å². The van der Waals surface area contributed by atoms with E-state index < -0.39 is 5.82 Å². The van der Waals surface area contributed by atoms with Crippen LogP contribution in [0.3, 0.4) is 0 Å². The summed E-state index contributed by atoms with van der Waals surface area (Å²) < 4.78 is 17.9. The average molecular weight is 203 g/mol. The molecule has 0 saturated heterocycles. The van der Waals surface area contributed by atoms with Crippen LogP contribution in [0.2, 0.25) is 5.02 Å². The maximum absolute atomic E-state index is 12.8. The third kappa shape index (κ3) is 1.98. The summed E-state index contributed by atoms with van der Waals surface area (Å²) in [5, 5.41) is -0.194. The number of carbonyl (C=O) groups excluding carboxylic acids is 1. The number of aldehydes is 1. The molecule has 1 aromatic carbocycles. The Labute approximate surface area is 80.3 Å². The number of ether oxygens (including phenoxy) is 1. The smallest absolute Gasteiger partial charge is 0.155 e. The van der Waals surface area contributed by atoms with Gasteiger partial charge in [-0.2, -0.15) is 0 Å². The Morgan fingerprint density at radius 3 is 2.85 bits per heavy atom. The van der Waals surface area contributed by atoms with Gasteiger partial charge >= 0.3 is 0 Å². The SMILES string of the molecule is CCOc1ccc(F)c(Cl)c1C=O. The van der Waals surface area contributed by atoms with Crippen molar-refractivity contribution in [1.82, 2.24) is 0 Å². The second-order valence-corrected chi connectivity index (χ2v) is 2.70. The van der Waals surface area contributed by atoms with Crippen LogP contribution in [0, 0.1) is 5.82 Å². The van der Waals surface area contributed by atoms with Crippen LogP contribution >= 0.6 is 11.6 Å². The Bertz CT molecular complexity index is 326. The molecule has 0 saturated carbocycles. The molecule has 0 N–H and O–H groups in total. The minimum absolute atomic E-state index is 0.0588. The first-order valence-electron chi connectivity index (χ1n) is 3.76. The van der Waals surface area contributed by atoms with E-state index >= 15 is 0 Å². The first kappa shape index (κ1) is 9.99. The number of hydrogen-bond donors (Lipinski definition) is 0. The molecule has 70 valence electrons. The molecule has 0 aliphatic carbocycles. The van der Waals surface area contributed by atoms with Crippen LogP contribution in [0.25, 0.3) is 0 Å². The van der Waals surface area contributed by atoms with Gasteiger partial charge in [0.25, 0.3) is 0 Å². The molecule has 0 atom stereocenters. The van der Waals surface area contributed by atoms with E-state index in [1.165, 1.54) is 12.1 Å². The molecule has 0 heterocycles. The Morgan fingerprint density at radius 1 is 1.62 bits per heavy atom. The van der Waals surface area contributed by atoms with Gasteiger partial charge in [0.2, 0.25) is 0 Å². The minimum atomic E-state index is -0.618. The van der Waals surface area contributed by atoms with Crippen molar-refractivity contribution in [2.24, 2.45) is 0 Å². The second-order valence-electron chi connectivity index (χ2n) is 2.32. The number of benzene rings is 1. The van der Waals surface area contributed by atoms with E-state index in [4.69, 9.17) is 16.3 Å². The van der Waals surface area contributed by atoms with Gasteiger partial charge in [0.15, 0.2) is 6.29 Å². The van der Waals surface area contributed by atoms with E-state index in [0.717, 1.165) is 0 Å². The van der Waals surface area contributed by atoms with Gasteiger partial charge in [-0.05, 0) is 19.1 Å². The van der Waals surface area contributed by atoms with Crippen molar-refractivity contribution in [2.75, 3.05) is 6.61 Å². The molecule has 1 aromatic rings. The van der Waals surface area contributed by atoms with Gasteiger partial charge in [0.05, 0.1) is 17.2 Å². The number of carbonyl (C=O) groups is 1. The molecule has 0 spiro atoms. The zero-order valence-electron chi connectivity index (χ0n) is 7.01. The summed E-state index contributed by atoms with van der Waals surface area (Å²) in [5.74, 6) is -0.309. The predicted octanol–water partition coefficient (Wildman–Crippen LogP) is 2.69. The molecule has 0 aliphatic rings. The molecule has 0 radical (unpaired) electrons. The lowest BCUT2D eigenvalue weighted by Gasteiger charge is -2.07. The van der Waals surface area contributed by atoms with E-state index in [1.54, 1.807) is 6.92 Å². The van der Waals surface area contributed by atoms with Crippen LogP contribution in [-0.4, -0.2) is 12.9 Å². The summed E-state index contributed by atoms with van der Waals surface area (Å²) in [4.78, 5) is 10.5. The lowest BCUT2D eigenvalue weighted by molar-refractivity contribution is 0.111. The van der Waals surface area contributed by atoms with E-state index in [0.29, 0.717) is 18.6 Å². The molecule has 2 nitrogen and oxygen atoms in total. The van der Waals surface area contributed by atoms with Crippen LogP contribution in [0.4, 0.5) is 4.39 Å². The summed E-state index contributed by atoms with van der Waals surface area (Å²) in [6.07, 6.45) is 0.483. The second kappa shape index (κ2) is 4.23. The molecule has 0 amide bonds. The highest BCUT2D eigenvalue weighted by Gasteiger charge is 2.11. The van der Waals surface area contributed by atoms with E-state index in [2.05, 4.69) is 0 Å². The van der Waals surface area contributed by atoms with Gasteiger partial charge in [0, 0.05) is 0 Å². The first-order valence-corrected chi connectivity index (χ1v) is 4.14. The summed E-state index contributed by atoms with van der Waals surface area (Å²) in [6, 6.07) is 2.55. The monoisotopic (exact) mass is 202 g/mol. The zero-order valence-corrected chi connectivity index (χ0v) is 7.77. The third-order valence-corrected chi connectivity index (χ3v) is 1.89. The van der Waals surface area contributed by atoms with Crippen LogP contribution in [-0.2, 0) is 0 Å². The van der Waals surface area contributed by atoms with Gasteiger partial charge in [-0.15, -0.1) is 0 Å². The maximum atomic E-state index is 12.8. The van der Waals surface area contributed by atoms with Crippen molar-refractivity contribution < 1.29 is 13.9 Å². The van der Waals surface area contributed by atoms with Crippen LogP contribution in [0.15, 0.2) is 12.1 Å². The van der Waals surface area contributed by atoms with Crippen molar-refractivity contribution in [1.29, 1.82) is 0 Å². The average Bonchev–Trinajstić information content (AvgIpc) is 2.12. The lowest BCUT2D eigenvalue weighted by atomic mass is 10.2. The summed E-state index contributed by atoms with van der Waals surface area (Å²) in [5.41, 5.74) is 0.0588. The minimum Gasteiger partial charge on any atom is -0.493 e. The quantitative estimate of drug-likeness (QED) is 0.705. The van der Waals surface area contributed by atoms with E-state index in [-0.39, 0.29) is 10.6 Å². The van der Waals surface area contributed by atoms with Crippen LogP contribution in [0.5, 0.6) is 5.75 Å². The predicted molar refractivity (Wildman–Crippen MR) is 48.0 cm³/mol. The van der Waals surface area contributed by atoms with Crippen LogP contribution < -0.4 is 4.74 Å². The number of rotatable bonds is 3. The fraction of sp³-hybridized carbons (Fsp3) is 0.222. The Balaban J connectivity index is 3.21. The van der Waals surface area contributed by atoms with Crippen molar-refractivity contribution in [3.63, 3.8) is 0 Å². The Morgan fingerprint density at radius 2 is 2.31 bits per heavy atom. The van der Waals surface area contributed by atoms with Crippen molar-refractivity contribution in [3.05, 3.63) is 28.5 Å². The van der Waals surface area contributed by atoms with Crippen molar-refractivity contribution in [3.8, 4) is 5.75 Å². The summed E-state index contributed by atoms with van der Waals surface area (Å²) >= 11 is 5.55. The lowest BCUT2D eigenvalue weighted by Crippen LogP contribution is -1.97. The molecule has 0 unspecified atom stereocenters. The van der Waals surface area contributed by atoms with E-state index in [9.17, 15) is 9.18 Å². The first-order chi connectivity index (χ1) is 6.20. The maximum Gasteiger partial charge on any atom is 0.155 e. The third-order valence-electron chi connectivity index (χ3n) is 1.51. The Hall–Kier alpha value is -1.09. The number of hydrogen-bond acceptors (Lipinski definition) is 2. The van der Waals surface area contributed by atoms with Crippen molar-refractivity contribution >= 4 is 17.9 Å². The molecule has 0 aromatic heterocycles. The largest absolute Gasteiger partial charge is 0.493 e. The molecular formula is C9H8ClFO2. The number of halogens is 2. The highest BCUT2D eigenvalue weighted by Crippen LogP contribution is 2.27. The van der Waals surface area contributed by atoms with Gasteiger partial charge < -0.3 is 4.74 Å². The molecule has 0 aliphatic heterocycles. The summed E-state index contributed by atoms with van der Waals surface area (Å²) in [7, 11) is 0. The van der Waals surface area contributed by atoms with Crippen molar-refractivity contribution in [2.45, 2.75) is 6.92 Å². The molecule has 4 heteroatoms. The summed E-state index contributed by atoms with van der Waals surface area (Å²) in [6.45, 7) is 2.18. The molecule has 1 rings (SSSR count). The van der Waals surface area contributed by atoms with Gasteiger partial charge in [-0.3, -0.25) is 4.79 Å². The van der Waals surface area contributed by atoms with Gasteiger partial charge in [-0.25, -0.2) is 4.39 Å². The fourth-order valence-corrected chi connectivity index (χ4v) is 1.14. The highest BCUT2D eigenvalue weighted by molar-refractivity contribution is 6.33. The molecule has 0 bridgehead atoms. The topological polar surface area (TPSA) is 26.3 Å². The Kier molecular flexibility index (Phi) is 3.25. The van der Waals surface area contributed by atoms with Crippen LogP contribution in [0.1, 0.15) is 17.3 Å². The normalized spacial score (nSPS) is 9.77. The fourth-order valence-electron chi connectivity index (χ4n) is 0.940. The zero-order chi connectivity index (χ0) is 9.84. The molecule has 0 fully saturated rings. The van der Waals surface area contributed by atoms with E-state index in [1.807, 2.05) is 0 Å².